The number of thioether (sulfide) groups is 1. The Hall–Kier alpha value is -3.02. The first-order valence-corrected chi connectivity index (χ1v) is 20.3. The molecular formula is C37H53N3O21S. The first-order chi connectivity index (χ1) is 29.4. The summed E-state index contributed by atoms with van der Waals surface area (Å²) >= 11 is 0.992. The van der Waals surface area contributed by atoms with Crippen LogP contribution in [0.3, 0.4) is 0 Å². The molecule has 4 fully saturated rings. The molecule has 1 aromatic rings. The first kappa shape index (κ1) is 50.0. The second kappa shape index (κ2) is 22.3. The van der Waals surface area contributed by atoms with Crippen LogP contribution in [0.25, 0.3) is 0 Å². The van der Waals surface area contributed by atoms with E-state index >= 15 is 0 Å². The second-order valence-corrected chi connectivity index (χ2v) is 16.2. The van der Waals surface area contributed by atoms with Gasteiger partial charge in [-0.15, -0.1) is 0 Å². The van der Waals surface area contributed by atoms with Crippen LogP contribution in [0.5, 0.6) is 5.75 Å². The Morgan fingerprint density at radius 3 is 1.90 bits per heavy atom. The smallest absolute Gasteiger partial charge is 0.286 e. The Kier molecular flexibility index (Phi) is 17.9. The Balaban J connectivity index is 0.000000335. The molecular weight excluding hydrogens is 854 g/mol. The molecule has 20 atom stereocenters. The maximum atomic E-state index is 11.3. The molecule has 6 rings (SSSR count). The second-order valence-electron chi connectivity index (χ2n) is 15.0. The lowest BCUT2D eigenvalue weighted by Gasteiger charge is -2.48. The zero-order valence-corrected chi connectivity index (χ0v) is 33.7. The molecule has 5 aliphatic rings. The summed E-state index contributed by atoms with van der Waals surface area (Å²) < 4.78 is 32.8. The van der Waals surface area contributed by atoms with Gasteiger partial charge in [-0.05, 0) is 36.8 Å². The Labute approximate surface area is 357 Å². The van der Waals surface area contributed by atoms with E-state index in [-0.39, 0.29) is 22.0 Å². The van der Waals surface area contributed by atoms with Gasteiger partial charge in [0.2, 0.25) is 5.91 Å². The third-order valence-electron chi connectivity index (χ3n) is 10.9. The van der Waals surface area contributed by atoms with Crippen LogP contribution in [0.1, 0.15) is 18.9 Å². The van der Waals surface area contributed by atoms with E-state index in [1.807, 2.05) is 6.07 Å². The van der Waals surface area contributed by atoms with Crippen molar-refractivity contribution in [1.29, 1.82) is 5.26 Å². The number of carbonyl (C=O) groups excluding carboxylic acids is 2. The number of nitrogens with zero attached hydrogens (tertiary/aromatic N) is 1. The standard InChI is InChI=1S/C25H43NO18.C12H10N2O3S/c1-6-11(26-8-2-7(3-27)12(30)15(33)13(8)31)14(32)19(37)24(40-6)43-22-10(5-29)42-25(20(38)17(22)35)44-21-9(4-28)41-23(39)18(36)16(21)34;13-7-8-1-3-9(4-2-8)17-6-5-10-11(15)14-12(16)18-10/h2,6,8-39H,3-5H2,1H3;1-4,10H,5-6H2,(H,14,15,16)/t6-,8+,9-,10-,11-,12-,13+,14+,15+,16-,17-,18-,19-,20-,21-,22-,23?,24-,25-;/m1./s1. The van der Waals surface area contributed by atoms with Crippen molar-refractivity contribution in [2.75, 3.05) is 26.4 Å². The van der Waals surface area contributed by atoms with Crippen LogP contribution in [-0.4, -0.2) is 226 Å². The van der Waals surface area contributed by atoms with E-state index in [1.54, 1.807) is 24.3 Å². The van der Waals surface area contributed by atoms with Crippen molar-refractivity contribution in [3.8, 4) is 11.8 Å². The van der Waals surface area contributed by atoms with Crippen LogP contribution in [0, 0.1) is 11.3 Å². The van der Waals surface area contributed by atoms with E-state index < -0.39 is 136 Å². The monoisotopic (exact) mass is 907 g/mol. The third kappa shape index (κ3) is 11.4. The minimum absolute atomic E-state index is 0.0225. The topological polar surface area (TPSA) is 400 Å². The molecule has 0 saturated carbocycles. The van der Waals surface area contributed by atoms with Crippen molar-refractivity contribution in [2.45, 2.75) is 135 Å². The number of aliphatic hydroxyl groups excluding tert-OH is 13. The van der Waals surface area contributed by atoms with E-state index in [0.29, 0.717) is 24.3 Å². The van der Waals surface area contributed by atoms with E-state index in [0.717, 1.165) is 11.8 Å². The normalized spacial score (nSPS) is 42.2. The summed E-state index contributed by atoms with van der Waals surface area (Å²) in [6.45, 7) is -0.401. The predicted octanol–water partition coefficient (Wildman–Crippen LogP) is -6.89. The fraction of sp³-hybridized carbons (Fsp3) is 0.703. The van der Waals surface area contributed by atoms with E-state index in [4.69, 9.17) is 33.7 Å². The fourth-order valence-electron chi connectivity index (χ4n) is 7.31. The van der Waals surface area contributed by atoms with Crippen molar-refractivity contribution < 1.29 is 104 Å². The molecule has 4 aliphatic heterocycles. The van der Waals surface area contributed by atoms with Gasteiger partial charge in [0.05, 0.1) is 61.5 Å². The fourth-order valence-corrected chi connectivity index (χ4v) is 8.10. The Morgan fingerprint density at radius 2 is 1.34 bits per heavy atom. The van der Waals surface area contributed by atoms with Gasteiger partial charge in [0.1, 0.15) is 85.1 Å². The van der Waals surface area contributed by atoms with Gasteiger partial charge in [-0.2, -0.15) is 5.26 Å². The minimum Gasteiger partial charge on any atom is -0.494 e. The highest BCUT2D eigenvalue weighted by Crippen LogP contribution is 2.33. The lowest BCUT2D eigenvalue weighted by molar-refractivity contribution is -0.373. The quantitative estimate of drug-likeness (QED) is 0.0818. The minimum atomic E-state index is -1.93. The van der Waals surface area contributed by atoms with Crippen LogP contribution >= 0.6 is 11.8 Å². The van der Waals surface area contributed by atoms with Gasteiger partial charge in [-0.1, -0.05) is 17.8 Å². The molecule has 1 aromatic carbocycles. The number of rotatable bonds is 13. The van der Waals surface area contributed by atoms with Crippen molar-refractivity contribution in [2.24, 2.45) is 0 Å². The van der Waals surface area contributed by atoms with Gasteiger partial charge in [0.15, 0.2) is 18.9 Å². The number of imide groups is 1. The highest BCUT2D eigenvalue weighted by atomic mass is 32.2. The van der Waals surface area contributed by atoms with Crippen molar-refractivity contribution >= 4 is 22.9 Å². The molecule has 0 bridgehead atoms. The molecule has 348 valence electrons. The Bertz CT molecular complexity index is 1710. The summed E-state index contributed by atoms with van der Waals surface area (Å²) in [4.78, 5) is 22.2. The molecule has 25 heteroatoms. The van der Waals surface area contributed by atoms with Crippen LogP contribution in [-0.2, 0) is 28.5 Å². The summed E-state index contributed by atoms with van der Waals surface area (Å²) in [6, 6.07) is 6.57. The Morgan fingerprint density at radius 1 is 0.758 bits per heavy atom. The average Bonchev–Trinajstić information content (AvgIpc) is 3.59. The zero-order chi connectivity index (χ0) is 45.6. The van der Waals surface area contributed by atoms with Gasteiger partial charge < -0.3 is 100 Å². The lowest BCUT2D eigenvalue weighted by Crippen LogP contribution is -2.68. The highest BCUT2D eigenvalue weighted by molar-refractivity contribution is 8.15. The maximum absolute atomic E-state index is 11.3. The predicted molar refractivity (Wildman–Crippen MR) is 204 cm³/mol. The number of ether oxygens (including phenoxy) is 6. The summed E-state index contributed by atoms with van der Waals surface area (Å²) in [6.07, 6.45) is -26.1. The first-order valence-electron chi connectivity index (χ1n) is 19.5. The van der Waals surface area contributed by atoms with Crippen LogP contribution in [0.2, 0.25) is 0 Å². The molecule has 0 spiro atoms. The zero-order valence-electron chi connectivity index (χ0n) is 32.9. The molecule has 4 heterocycles. The van der Waals surface area contributed by atoms with Crippen LogP contribution < -0.4 is 15.4 Å². The third-order valence-corrected chi connectivity index (χ3v) is 11.9. The largest absolute Gasteiger partial charge is 0.494 e. The lowest BCUT2D eigenvalue weighted by atomic mass is 9.86. The molecule has 2 amide bonds. The molecule has 62 heavy (non-hydrogen) atoms. The number of carbonyl (C=O) groups is 2. The molecule has 4 saturated heterocycles. The molecule has 1 aliphatic carbocycles. The number of aliphatic hydroxyl groups is 13. The average molecular weight is 908 g/mol. The molecule has 15 N–H and O–H groups in total. The summed E-state index contributed by atoms with van der Waals surface area (Å²) in [5.74, 6) is 0.386. The number of hydrogen-bond acceptors (Lipinski definition) is 24. The van der Waals surface area contributed by atoms with Gasteiger partial charge in [0.25, 0.3) is 5.24 Å². The highest BCUT2D eigenvalue weighted by Gasteiger charge is 2.53. The molecule has 0 aromatic heterocycles. The number of nitrogens with one attached hydrogen (secondary N) is 2. The van der Waals surface area contributed by atoms with E-state index in [2.05, 4.69) is 10.6 Å². The number of hydrogen-bond donors (Lipinski definition) is 15. The van der Waals surface area contributed by atoms with Crippen LogP contribution in [0.4, 0.5) is 4.79 Å². The molecule has 2 unspecified atom stereocenters. The van der Waals surface area contributed by atoms with Crippen molar-refractivity contribution in [3.05, 3.63) is 41.5 Å². The van der Waals surface area contributed by atoms with Crippen LogP contribution in [0.15, 0.2) is 35.9 Å². The van der Waals surface area contributed by atoms with Gasteiger partial charge in [-0.3, -0.25) is 14.9 Å². The van der Waals surface area contributed by atoms with Gasteiger partial charge in [0, 0.05) is 6.42 Å². The summed E-state index contributed by atoms with van der Waals surface area (Å²) in [5, 5.41) is 146. The van der Waals surface area contributed by atoms with Crippen molar-refractivity contribution in [3.63, 3.8) is 0 Å². The van der Waals surface area contributed by atoms with Gasteiger partial charge in [-0.25, -0.2) is 0 Å². The van der Waals surface area contributed by atoms with E-state index in [9.17, 15) is 76.0 Å². The SMILES string of the molecule is C[C@H]1O[C@H](O[C@H]2[C@H](O)[C@@H](O)[C@@H](O[C@H]3[C@H](O)[C@@H](O)C(O)O[C@@H]3CO)O[C@@H]2CO)[C@H](O)[C@@H](O)[C@@H]1N[C@H]1C=C(CO)[C@@H](O)[C@H](O)[C@H]1O.N#Cc1ccc(OCCC2SC(=O)NC2=O)cc1. The van der Waals surface area contributed by atoms with Crippen molar-refractivity contribution in [1.82, 2.24) is 10.6 Å². The number of amides is 2. The summed E-state index contributed by atoms with van der Waals surface area (Å²) in [5.41, 5.74) is 0.591. The summed E-state index contributed by atoms with van der Waals surface area (Å²) in [7, 11) is 0. The molecule has 24 nitrogen and oxygen atoms in total. The van der Waals surface area contributed by atoms with E-state index in [1.165, 1.54) is 13.0 Å². The number of benzene rings is 1. The maximum Gasteiger partial charge on any atom is 0.286 e. The number of nitriles is 1. The van der Waals surface area contributed by atoms with Gasteiger partial charge >= 0.3 is 0 Å². The molecule has 0 radical (unpaired) electrons.